The molecule has 12 heteroatoms. The zero-order valence-corrected chi connectivity index (χ0v) is 18.5. The van der Waals surface area contributed by atoms with Crippen molar-refractivity contribution >= 4 is 40.6 Å². The Balaban J connectivity index is 1.61. The molecule has 174 valence electrons. The van der Waals surface area contributed by atoms with Crippen molar-refractivity contribution in [2.24, 2.45) is 5.73 Å². The van der Waals surface area contributed by atoms with E-state index in [1.54, 1.807) is 36.5 Å². The average Bonchev–Trinajstić information content (AvgIpc) is 3.46. The van der Waals surface area contributed by atoms with E-state index in [2.05, 4.69) is 15.3 Å². The van der Waals surface area contributed by atoms with Gasteiger partial charge in [0.2, 0.25) is 17.7 Å². The summed E-state index contributed by atoms with van der Waals surface area (Å²) >= 11 is 1.38. The van der Waals surface area contributed by atoms with Crippen molar-refractivity contribution in [2.75, 3.05) is 11.6 Å². The molecule has 0 radical (unpaired) electrons. The van der Waals surface area contributed by atoms with Crippen molar-refractivity contribution in [3.8, 4) is 17.7 Å². The first kappa shape index (κ1) is 22.9. The fourth-order valence-corrected chi connectivity index (χ4v) is 4.90. The van der Waals surface area contributed by atoms with Crippen LogP contribution in [0.5, 0.6) is 11.6 Å². The van der Waals surface area contributed by atoms with Gasteiger partial charge < -0.3 is 30.8 Å². The number of hydrogen-bond acceptors (Lipinski definition) is 7. The van der Waals surface area contributed by atoms with Crippen LogP contribution in [0, 0.1) is 11.3 Å². The van der Waals surface area contributed by atoms with Crippen LogP contribution in [0.25, 0.3) is 10.9 Å². The summed E-state index contributed by atoms with van der Waals surface area (Å²) in [6.07, 6.45) is 1.88. The van der Waals surface area contributed by atoms with Crippen LogP contribution < -0.4 is 15.8 Å². The number of amides is 3. The van der Waals surface area contributed by atoms with Crippen molar-refractivity contribution in [2.45, 2.75) is 18.5 Å². The molecule has 2 atom stereocenters. The lowest BCUT2D eigenvalue weighted by molar-refractivity contribution is -0.138. The van der Waals surface area contributed by atoms with Crippen molar-refractivity contribution in [3.63, 3.8) is 0 Å². The van der Waals surface area contributed by atoms with Gasteiger partial charge in [0.1, 0.15) is 29.5 Å². The van der Waals surface area contributed by atoms with Gasteiger partial charge in [-0.1, -0.05) is 0 Å². The predicted octanol–water partition coefficient (Wildman–Crippen LogP) is 1.79. The van der Waals surface area contributed by atoms with Crippen LogP contribution in [0.4, 0.5) is 4.79 Å². The van der Waals surface area contributed by atoms with E-state index in [1.807, 2.05) is 6.07 Å². The second-order valence-corrected chi connectivity index (χ2v) is 8.52. The minimum absolute atomic E-state index is 0.0360. The molecule has 3 heterocycles. The number of carbonyl (C=O) groups excluding carboxylic acids is 2. The number of ether oxygens (including phenoxy) is 1. The van der Waals surface area contributed by atoms with Crippen molar-refractivity contribution in [1.82, 2.24) is 20.2 Å². The third-order valence-electron chi connectivity index (χ3n) is 5.36. The summed E-state index contributed by atoms with van der Waals surface area (Å²) < 4.78 is 5.79. The Morgan fingerprint density at radius 3 is 2.97 bits per heavy atom. The second kappa shape index (κ2) is 9.72. The highest BCUT2D eigenvalue weighted by Gasteiger charge is 2.37. The number of carboxylic acid groups (broad SMARTS) is 1. The van der Waals surface area contributed by atoms with Gasteiger partial charge in [-0.05, 0) is 35.9 Å². The van der Waals surface area contributed by atoms with Crippen LogP contribution in [-0.2, 0) is 16.0 Å². The Kier molecular flexibility index (Phi) is 6.55. The molecule has 4 rings (SSSR count). The summed E-state index contributed by atoms with van der Waals surface area (Å²) in [5.41, 5.74) is 7.10. The van der Waals surface area contributed by atoms with Gasteiger partial charge in [-0.2, -0.15) is 5.26 Å². The highest BCUT2D eigenvalue weighted by molar-refractivity contribution is 7.99. The molecule has 1 aliphatic heterocycles. The number of primary amides is 1. The molecule has 1 saturated heterocycles. The van der Waals surface area contributed by atoms with E-state index in [1.165, 1.54) is 22.9 Å². The number of nitriles is 1. The van der Waals surface area contributed by atoms with Gasteiger partial charge in [-0.25, -0.2) is 9.78 Å². The van der Waals surface area contributed by atoms with Gasteiger partial charge >= 0.3 is 6.09 Å². The molecular formula is C22H20N6O5S. The van der Waals surface area contributed by atoms with Gasteiger partial charge in [0.15, 0.2) is 0 Å². The van der Waals surface area contributed by atoms with Crippen LogP contribution in [0.3, 0.4) is 0 Å². The van der Waals surface area contributed by atoms with Crippen LogP contribution in [0.1, 0.15) is 11.1 Å². The standard InChI is InChI=1S/C22H20N6O5S/c23-8-12-2-1-5-25-20(12)33-14-3-4-16-15(7-14)13(9-26-16)6-17(27-22(31)32)21(30)28-11-34-10-18(28)19(24)29/h1-5,7,9,17-18,26-27H,6,10-11H2,(H2,24,29)(H,31,32). The number of nitrogens with one attached hydrogen (secondary N) is 2. The number of aromatic nitrogens is 2. The van der Waals surface area contributed by atoms with E-state index >= 15 is 0 Å². The molecule has 0 spiro atoms. The topological polar surface area (TPSA) is 174 Å². The maximum absolute atomic E-state index is 13.1. The van der Waals surface area contributed by atoms with Gasteiger partial charge in [0.25, 0.3) is 0 Å². The molecule has 11 nitrogen and oxygen atoms in total. The molecule has 2 unspecified atom stereocenters. The SMILES string of the molecule is N#Cc1cccnc1Oc1ccc2[nH]cc(CC(NC(=O)O)C(=O)N3CSCC3C(N)=O)c2c1. The fourth-order valence-electron chi connectivity index (χ4n) is 3.72. The molecule has 1 aliphatic rings. The molecule has 1 fully saturated rings. The summed E-state index contributed by atoms with van der Waals surface area (Å²) in [7, 11) is 0. The van der Waals surface area contributed by atoms with Gasteiger partial charge in [-0.3, -0.25) is 9.59 Å². The van der Waals surface area contributed by atoms with E-state index in [0.29, 0.717) is 22.5 Å². The molecular weight excluding hydrogens is 460 g/mol. The average molecular weight is 481 g/mol. The Labute approximate surface area is 197 Å². The third-order valence-corrected chi connectivity index (χ3v) is 6.37. The van der Waals surface area contributed by atoms with E-state index in [-0.39, 0.29) is 23.7 Å². The van der Waals surface area contributed by atoms with Crippen LogP contribution >= 0.6 is 11.8 Å². The lowest BCUT2D eigenvalue weighted by Gasteiger charge is -2.26. The Morgan fingerprint density at radius 1 is 1.41 bits per heavy atom. The number of carbonyl (C=O) groups is 3. The Bertz CT molecular complexity index is 1300. The van der Waals surface area contributed by atoms with E-state index in [0.717, 1.165) is 5.52 Å². The van der Waals surface area contributed by atoms with E-state index in [9.17, 15) is 24.8 Å². The maximum Gasteiger partial charge on any atom is 0.405 e. The van der Waals surface area contributed by atoms with Gasteiger partial charge in [-0.15, -0.1) is 11.8 Å². The number of H-pyrrole nitrogens is 1. The van der Waals surface area contributed by atoms with Gasteiger partial charge in [0.05, 0.1) is 5.88 Å². The quantitative estimate of drug-likeness (QED) is 0.396. The number of aromatic amines is 1. The second-order valence-electron chi connectivity index (χ2n) is 7.52. The highest BCUT2D eigenvalue weighted by Crippen LogP contribution is 2.29. The molecule has 5 N–H and O–H groups in total. The summed E-state index contributed by atoms with van der Waals surface area (Å²) in [5, 5.41) is 21.5. The number of benzene rings is 1. The first-order valence-corrected chi connectivity index (χ1v) is 11.3. The number of nitrogens with zero attached hydrogens (tertiary/aromatic N) is 3. The van der Waals surface area contributed by atoms with Crippen molar-refractivity contribution in [1.29, 1.82) is 5.26 Å². The minimum Gasteiger partial charge on any atom is -0.465 e. The molecule has 0 saturated carbocycles. The fraction of sp³-hybridized carbons (Fsp3) is 0.227. The minimum atomic E-state index is -1.36. The normalized spacial score (nSPS) is 16.1. The number of thioether (sulfide) groups is 1. The molecule has 0 aliphatic carbocycles. The lowest BCUT2D eigenvalue weighted by atomic mass is 10.0. The zero-order valence-electron chi connectivity index (χ0n) is 17.7. The summed E-state index contributed by atoms with van der Waals surface area (Å²) in [4.78, 5) is 44.8. The first-order valence-electron chi connectivity index (χ1n) is 10.2. The maximum atomic E-state index is 13.1. The number of hydrogen-bond donors (Lipinski definition) is 4. The molecule has 3 amide bonds. The molecule has 0 bridgehead atoms. The number of rotatable bonds is 7. The summed E-state index contributed by atoms with van der Waals surface area (Å²) in [5.74, 6) is 0.0416. The monoisotopic (exact) mass is 480 g/mol. The smallest absolute Gasteiger partial charge is 0.405 e. The van der Waals surface area contributed by atoms with E-state index < -0.39 is 30.0 Å². The molecule has 1 aromatic carbocycles. The summed E-state index contributed by atoms with van der Waals surface area (Å²) in [6, 6.07) is 8.53. The Hall–Kier alpha value is -4.24. The first-order chi connectivity index (χ1) is 16.4. The van der Waals surface area contributed by atoms with Crippen molar-refractivity contribution in [3.05, 3.63) is 53.9 Å². The van der Waals surface area contributed by atoms with Crippen molar-refractivity contribution < 1.29 is 24.2 Å². The van der Waals surface area contributed by atoms with E-state index in [4.69, 9.17) is 10.5 Å². The van der Waals surface area contributed by atoms with Crippen LogP contribution in [0.15, 0.2) is 42.7 Å². The highest BCUT2D eigenvalue weighted by atomic mass is 32.2. The molecule has 3 aromatic rings. The lowest BCUT2D eigenvalue weighted by Crippen LogP contribution is -2.53. The Morgan fingerprint density at radius 2 is 2.24 bits per heavy atom. The molecule has 34 heavy (non-hydrogen) atoms. The molecule has 2 aromatic heterocycles. The number of nitrogens with two attached hydrogens (primary N) is 1. The number of fused-ring (bicyclic) bond motifs is 1. The van der Waals surface area contributed by atoms with Gasteiger partial charge in [0, 0.05) is 35.5 Å². The largest absolute Gasteiger partial charge is 0.465 e. The zero-order chi connectivity index (χ0) is 24.2. The third kappa shape index (κ3) is 4.74. The predicted molar refractivity (Wildman–Crippen MR) is 123 cm³/mol. The summed E-state index contributed by atoms with van der Waals surface area (Å²) in [6.45, 7) is 0. The van der Waals surface area contributed by atoms with Crippen LogP contribution in [0.2, 0.25) is 0 Å². The number of pyridine rings is 1. The van der Waals surface area contributed by atoms with Crippen LogP contribution in [-0.4, -0.2) is 61.6 Å².